The number of para-hydroxylation sites is 1. The number of benzene rings is 2. The third-order valence-electron chi connectivity index (χ3n) is 5.12. The van der Waals surface area contributed by atoms with Crippen molar-refractivity contribution >= 4 is 35.3 Å². The summed E-state index contributed by atoms with van der Waals surface area (Å²) >= 11 is 1.46. The Morgan fingerprint density at radius 2 is 1.86 bits per heavy atom. The van der Waals surface area contributed by atoms with Gasteiger partial charge < -0.3 is 15.5 Å². The summed E-state index contributed by atoms with van der Waals surface area (Å²) in [4.78, 5) is 27.9. The second-order valence-corrected chi connectivity index (χ2v) is 8.23. The van der Waals surface area contributed by atoms with Gasteiger partial charge in [0.15, 0.2) is 0 Å². The maximum Gasteiger partial charge on any atom is 0.262 e. The highest BCUT2D eigenvalue weighted by atomic mass is 32.2. The van der Waals surface area contributed by atoms with Crippen LogP contribution in [0.2, 0.25) is 0 Å². The smallest absolute Gasteiger partial charge is 0.262 e. The average Bonchev–Trinajstić information content (AvgIpc) is 3.22. The first-order chi connectivity index (χ1) is 13.7. The number of fused-ring (bicyclic) bond motifs is 1. The van der Waals surface area contributed by atoms with E-state index in [-0.39, 0.29) is 11.8 Å². The normalized spacial score (nSPS) is 18.0. The minimum absolute atomic E-state index is 0.0449. The number of thioether (sulfide) groups is 1. The van der Waals surface area contributed by atoms with Crippen LogP contribution in [0.15, 0.2) is 58.3 Å². The van der Waals surface area contributed by atoms with Crippen LogP contribution in [0.5, 0.6) is 0 Å². The minimum atomic E-state index is -0.102. The van der Waals surface area contributed by atoms with Gasteiger partial charge in [-0.2, -0.15) is 0 Å². The number of quaternary nitrogens is 1. The molecule has 0 bridgehead atoms. The van der Waals surface area contributed by atoms with Gasteiger partial charge in [-0.1, -0.05) is 36.0 Å². The van der Waals surface area contributed by atoms with Crippen molar-refractivity contribution in [2.45, 2.75) is 17.7 Å². The van der Waals surface area contributed by atoms with E-state index < -0.39 is 0 Å². The third kappa shape index (κ3) is 4.46. The molecule has 28 heavy (non-hydrogen) atoms. The van der Waals surface area contributed by atoms with Crippen molar-refractivity contribution < 1.29 is 14.5 Å². The Hall–Kier alpha value is -2.57. The largest absolute Gasteiger partial charge is 0.346 e. The van der Waals surface area contributed by atoms with E-state index >= 15 is 0 Å². The number of hydrogen-bond acceptors (Lipinski definition) is 3. The van der Waals surface area contributed by atoms with Crippen molar-refractivity contribution in [1.29, 1.82) is 0 Å². The van der Waals surface area contributed by atoms with Crippen LogP contribution in [0.1, 0.15) is 28.8 Å². The SMILES string of the molecule is O=C1Nc2ccccc2SC1=Cc1ccc(C(=O)NCC[NH+]2CCCC2)cc1. The summed E-state index contributed by atoms with van der Waals surface area (Å²) in [7, 11) is 0. The van der Waals surface area contributed by atoms with Crippen LogP contribution in [0, 0.1) is 0 Å². The summed E-state index contributed by atoms with van der Waals surface area (Å²) in [5.41, 5.74) is 2.39. The summed E-state index contributed by atoms with van der Waals surface area (Å²) in [6.45, 7) is 4.13. The van der Waals surface area contributed by atoms with Crippen LogP contribution in [-0.4, -0.2) is 38.0 Å². The highest BCUT2D eigenvalue weighted by molar-refractivity contribution is 8.04. The van der Waals surface area contributed by atoms with Gasteiger partial charge in [0, 0.05) is 23.3 Å². The first-order valence-electron chi connectivity index (χ1n) is 9.71. The number of amides is 2. The van der Waals surface area contributed by atoms with Crippen LogP contribution >= 0.6 is 11.8 Å². The summed E-state index contributed by atoms with van der Waals surface area (Å²) in [6, 6.07) is 15.1. The van der Waals surface area contributed by atoms with Crippen molar-refractivity contribution in [1.82, 2.24) is 5.32 Å². The fourth-order valence-corrected chi connectivity index (χ4v) is 4.52. The Labute approximate surface area is 169 Å². The van der Waals surface area contributed by atoms with E-state index in [0.29, 0.717) is 17.0 Å². The topological polar surface area (TPSA) is 62.6 Å². The van der Waals surface area contributed by atoms with E-state index in [4.69, 9.17) is 0 Å². The summed E-state index contributed by atoms with van der Waals surface area (Å²) in [5.74, 6) is -0.147. The molecule has 6 heteroatoms. The molecule has 1 saturated heterocycles. The molecule has 4 rings (SSSR count). The number of nitrogens with one attached hydrogen (secondary N) is 3. The monoisotopic (exact) mass is 394 g/mol. The van der Waals surface area contributed by atoms with Gasteiger partial charge in [-0.15, -0.1) is 0 Å². The van der Waals surface area contributed by atoms with E-state index in [1.807, 2.05) is 54.6 Å². The van der Waals surface area contributed by atoms with Gasteiger partial charge in [-0.3, -0.25) is 9.59 Å². The molecule has 2 aromatic rings. The Balaban J connectivity index is 1.37. The lowest BCUT2D eigenvalue weighted by Crippen LogP contribution is -3.10. The van der Waals surface area contributed by atoms with Gasteiger partial charge >= 0.3 is 0 Å². The molecule has 0 aromatic heterocycles. The first-order valence-corrected chi connectivity index (χ1v) is 10.5. The van der Waals surface area contributed by atoms with Crippen LogP contribution in [0.25, 0.3) is 6.08 Å². The van der Waals surface area contributed by atoms with Crippen molar-refractivity contribution in [3.8, 4) is 0 Å². The molecule has 2 heterocycles. The van der Waals surface area contributed by atoms with Gasteiger partial charge in [-0.25, -0.2) is 0 Å². The van der Waals surface area contributed by atoms with Crippen LogP contribution in [0.3, 0.4) is 0 Å². The first kappa shape index (κ1) is 18.8. The number of carbonyl (C=O) groups is 2. The van der Waals surface area contributed by atoms with Crippen molar-refractivity contribution in [2.24, 2.45) is 0 Å². The predicted molar refractivity (Wildman–Crippen MR) is 112 cm³/mol. The number of carbonyl (C=O) groups excluding carboxylic acids is 2. The molecule has 0 saturated carbocycles. The maximum absolute atomic E-state index is 12.3. The zero-order chi connectivity index (χ0) is 19.3. The van der Waals surface area contributed by atoms with Gasteiger partial charge in [0.1, 0.15) is 0 Å². The Kier molecular flexibility index (Phi) is 5.78. The standard InChI is InChI=1S/C22H23N3O2S/c26-21(23-11-14-25-12-3-4-13-25)17-9-7-16(8-10-17)15-20-22(27)24-18-5-1-2-6-19(18)28-20/h1-2,5-10,15H,3-4,11-14H2,(H,23,26)(H,24,27)/p+1. The van der Waals surface area contributed by atoms with E-state index in [2.05, 4.69) is 10.6 Å². The van der Waals surface area contributed by atoms with Crippen LogP contribution in [-0.2, 0) is 4.79 Å². The molecule has 2 amide bonds. The summed E-state index contributed by atoms with van der Waals surface area (Å²) in [6.07, 6.45) is 4.44. The summed E-state index contributed by atoms with van der Waals surface area (Å²) < 4.78 is 0. The lowest BCUT2D eigenvalue weighted by molar-refractivity contribution is -0.886. The zero-order valence-corrected chi connectivity index (χ0v) is 16.5. The third-order valence-corrected chi connectivity index (χ3v) is 6.22. The van der Waals surface area contributed by atoms with Crippen LogP contribution < -0.4 is 15.5 Å². The van der Waals surface area contributed by atoms with E-state index in [9.17, 15) is 9.59 Å². The average molecular weight is 395 g/mol. The van der Waals surface area contributed by atoms with Crippen molar-refractivity contribution in [3.63, 3.8) is 0 Å². The van der Waals surface area contributed by atoms with Gasteiger partial charge in [0.05, 0.1) is 36.8 Å². The van der Waals surface area contributed by atoms with Crippen LogP contribution in [0.4, 0.5) is 5.69 Å². The molecule has 0 aliphatic carbocycles. The molecule has 0 unspecified atom stereocenters. The fourth-order valence-electron chi connectivity index (χ4n) is 3.56. The van der Waals surface area contributed by atoms with Gasteiger partial charge in [0.2, 0.25) is 0 Å². The second-order valence-electron chi connectivity index (χ2n) is 7.15. The summed E-state index contributed by atoms with van der Waals surface area (Å²) in [5, 5.41) is 5.91. The number of rotatable bonds is 5. The van der Waals surface area contributed by atoms with Crippen molar-refractivity contribution in [3.05, 3.63) is 64.6 Å². The molecule has 144 valence electrons. The Bertz CT molecular complexity index is 902. The maximum atomic E-state index is 12.3. The lowest BCUT2D eigenvalue weighted by Gasteiger charge is -2.18. The van der Waals surface area contributed by atoms with Crippen molar-refractivity contribution in [2.75, 3.05) is 31.5 Å². The molecular weight excluding hydrogens is 370 g/mol. The fraction of sp³-hybridized carbons (Fsp3) is 0.273. The molecule has 2 aromatic carbocycles. The number of anilines is 1. The van der Waals surface area contributed by atoms with E-state index in [1.54, 1.807) is 4.90 Å². The number of likely N-dealkylation sites (tertiary alicyclic amines) is 1. The highest BCUT2D eigenvalue weighted by Gasteiger charge is 2.20. The molecule has 1 fully saturated rings. The zero-order valence-electron chi connectivity index (χ0n) is 15.7. The van der Waals surface area contributed by atoms with E-state index in [0.717, 1.165) is 22.7 Å². The van der Waals surface area contributed by atoms with E-state index in [1.165, 1.54) is 37.7 Å². The minimum Gasteiger partial charge on any atom is -0.346 e. The molecule has 5 nitrogen and oxygen atoms in total. The molecule has 3 N–H and O–H groups in total. The molecule has 2 aliphatic rings. The molecule has 0 spiro atoms. The van der Waals surface area contributed by atoms with Gasteiger partial charge in [-0.05, 0) is 35.9 Å². The molecule has 0 radical (unpaired) electrons. The highest BCUT2D eigenvalue weighted by Crippen LogP contribution is 2.38. The quantitative estimate of drug-likeness (QED) is 0.681. The predicted octanol–water partition coefficient (Wildman–Crippen LogP) is 2.18. The van der Waals surface area contributed by atoms with Gasteiger partial charge in [0.25, 0.3) is 11.8 Å². The number of hydrogen-bond donors (Lipinski definition) is 3. The second kappa shape index (κ2) is 8.63. The molecule has 0 atom stereocenters. The lowest BCUT2D eigenvalue weighted by atomic mass is 10.1. The molecular formula is C22H24N3O2S+. The Morgan fingerprint density at radius 3 is 2.64 bits per heavy atom. The Morgan fingerprint density at radius 1 is 1.11 bits per heavy atom. The molecule has 2 aliphatic heterocycles.